The van der Waals surface area contributed by atoms with E-state index in [1.54, 1.807) is 11.2 Å². The van der Waals surface area contributed by atoms with E-state index in [2.05, 4.69) is 20.5 Å². The summed E-state index contributed by atoms with van der Waals surface area (Å²) in [6, 6.07) is 11.5. The number of carbonyl (C=O) groups is 1. The average molecular weight is 334 g/mol. The zero-order chi connectivity index (χ0) is 17.4. The summed E-state index contributed by atoms with van der Waals surface area (Å²) >= 11 is 0. The molecule has 0 radical (unpaired) electrons. The van der Waals surface area contributed by atoms with E-state index in [9.17, 15) is 4.79 Å². The highest BCUT2D eigenvalue weighted by molar-refractivity contribution is 6.03. The number of aryl methyl sites for hydroxylation is 1. The molecule has 0 unspecified atom stereocenters. The standard InChI is InChI=1S/C18H18N6O/c1-3-24-11-19-22-17(24)14-8-5-9-15(21-14)20-13-7-4-6-12-10-23(2)18(25)16(12)13/h4-9,11H,3,10H2,1-2H3,(H,20,21). The lowest BCUT2D eigenvalue weighted by molar-refractivity contribution is 0.0817. The third-order valence-corrected chi connectivity index (χ3v) is 4.32. The molecule has 0 atom stereocenters. The van der Waals surface area contributed by atoms with Gasteiger partial charge < -0.3 is 14.8 Å². The molecule has 1 aromatic carbocycles. The predicted octanol–water partition coefficient (Wildman–Crippen LogP) is 2.69. The van der Waals surface area contributed by atoms with Crippen molar-refractivity contribution in [2.45, 2.75) is 20.0 Å². The van der Waals surface area contributed by atoms with Gasteiger partial charge in [0.1, 0.15) is 17.8 Å². The van der Waals surface area contributed by atoms with E-state index >= 15 is 0 Å². The number of carbonyl (C=O) groups excluding carboxylic acids is 1. The number of fused-ring (bicyclic) bond motifs is 1. The molecule has 0 saturated carbocycles. The highest BCUT2D eigenvalue weighted by Gasteiger charge is 2.27. The summed E-state index contributed by atoms with van der Waals surface area (Å²) in [7, 11) is 1.81. The predicted molar refractivity (Wildman–Crippen MR) is 94.4 cm³/mol. The third-order valence-electron chi connectivity index (χ3n) is 4.32. The number of amides is 1. The van der Waals surface area contributed by atoms with Crippen LogP contribution in [-0.4, -0.2) is 37.6 Å². The van der Waals surface area contributed by atoms with E-state index < -0.39 is 0 Å². The second-order valence-corrected chi connectivity index (χ2v) is 5.97. The van der Waals surface area contributed by atoms with Crippen LogP contribution < -0.4 is 5.32 Å². The van der Waals surface area contributed by atoms with Gasteiger partial charge in [0.25, 0.3) is 5.91 Å². The molecule has 25 heavy (non-hydrogen) atoms. The fourth-order valence-electron chi connectivity index (χ4n) is 3.06. The molecule has 1 aliphatic heterocycles. The fraction of sp³-hybridized carbons (Fsp3) is 0.222. The maximum Gasteiger partial charge on any atom is 0.256 e. The minimum atomic E-state index is 0.0278. The van der Waals surface area contributed by atoms with Gasteiger partial charge >= 0.3 is 0 Å². The first-order chi connectivity index (χ1) is 12.2. The summed E-state index contributed by atoms with van der Waals surface area (Å²) in [5.41, 5.74) is 3.25. The number of aromatic nitrogens is 4. The van der Waals surface area contributed by atoms with Crippen LogP contribution in [0.25, 0.3) is 11.5 Å². The van der Waals surface area contributed by atoms with Crippen molar-refractivity contribution >= 4 is 17.4 Å². The van der Waals surface area contributed by atoms with Crippen LogP contribution in [0.1, 0.15) is 22.8 Å². The van der Waals surface area contributed by atoms with Crippen LogP contribution in [0.5, 0.6) is 0 Å². The van der Waals surface area contributed by atoms with Gasteiger partial charge in [-0.1, -0.05) is 18.2 Å². The highest BCUT2D eigenvalue weighted by atomic mass is 16.2. The maximum absolute atomic E-state index is 12.4. The van der Waals surface area contributed by atoms with Gasteiger partial charge in [0.05, 0.1) is 11.3 Å². The molecule has 3 aromatic rings. The zero-order valence-electron chi connectivity index (χ0n) is 14.1. The van der Waals surface area contributed by atoms with Crippen molar-refractivity contribution in [2.24, 2.45) is 0 Å². The van der Waals surface area contributed by atoms with E-state index in [4.69, 9.17) is 0 Å². The van der Waals surface area contributed by atoms with Crippen molar-refractivity contribution in [1.29, 1.82) is 0 Å². The van der Waals surface area contributed by atoms with Crippen LogP contribution in [0.3, 0.4) is 0 Å². The van der Waals surface area contributed by atoms with Crippen molar-refractivity contribution < 1.29 is 4.79 Å². The Labute approximate surface area is 145 Å². The number of nitrogens with one attached hydrogen (secondary N) is 1. The Morgan fingerprint density at radius 2 is 2.04 bits per heavy atom. The average Bonchev–Trinajstić information content (AvgIpc) is 3.21. The quantitative estimate of drug-likeness (QED) is 0.794. The molecule has 1 aliphatic rings. The minimum Gasteiger partial charge on any atom is -0.340 e. The van der Waals surface area contributed by atoms with Gasteiger partial charge in [-0.25, -0.2) is 4.98 Å². The lowest BCUT2D eigenvalue weighted by Gasteiger charge is -2.11. The van der Waals surface area contributed by atoms with Crippen molar-refractivity contribution in [3.63, 3.8) is 0 Å². The van der Waals surface area contributed by atoms with Gasteiger partial charge in [-0.15, -0.1) is 10.2 Å². The van der Waals surface area contributed by atoms with E-state index in [0.29, 0.717) is 17.9 Å². The summed E-state index contributed by atoms with van der Waals surface area (Å²) in [6.07, 6.45) is 1.69. The fourth-order valence-corrected chi connectivity index (χ4v) is 3.06. The van der Waals surface area contributed by atoms with E-state index in [1.165, 1.54) is 0 Å². The first-order valence-electron chi connectivity index (χ1n) is 8.17. The lowest BCUT2D eigenvalue weighted by Crippen LogP contribution is -2.18. The van der Waals surface area contributed by atoms with Gasteiger partial charge in [-0.05, 0) is 30.7 Å². The Morgan fingerprint density at radius 3 is 2.88 bits per heavy atom. The molecule has 3 heterocycles. The molecular formula is C18H18N6O. The molecule has 1 amide bonds. The van der Waals surface area contributed by atoms with Crippen molar-refractivity contribution in [3.05, 3.63) is 53.9 Å². The van der Waals surface area contributed by atoms with Crippen LogP contribution in [0.2, 0.25) is 0 Å². The summed E-state index contributed by atoms with van der Waals surface area (Å²) in [4.78, 5) is 18.7. The highest BCUT2D eigenvalue weighted by Crippen LogP contribution is 2.30. The molecule has 0 fully saturated rings. The monoisotopic (exact) mass is 334 g/mol. The number of pyridine rings is 1. The number of anilines is 2. The number of hydrogen-bond donors (Lipinski definition) is 1. The second kappa shape index (κ2) is 6.01. The molecule has 0 aliphatic carbocycles. The van der Waals surface area contributed by atoms with Crippen LogP contribution >= 0.6 is 0 Å². The molecule has 7 heteroatoms. The summed E-state index contributed by atoms with van der Waals surface area (Å²) < 4.78 is 1.94. The van der Waals surface area contributed by atoms with E-state index in [-0.39, 0.29) is 5.91 Å². The van der Waals surface area contributed by atoms with Gasteiger partial charge in [0, 0.05) is 20.1 Å². The summed E-state index contributed by atoms with van der Waals surface area (Å²) in [5, 5.41) is 11.4. The molecule has 4 rings (SSSR count). The smallest absolute Gasteiger partial charge is 0.256 e. The van der Waals surface area contributed by atoms with Gasteiger partial charge in [0.15, 0.2) is 5.82 Å². The minimum absolute atomic E-state index is 0.0278. The lowest BCUT2D eigenvalue weighted by atomic mass is 10.1. The molecule has 1 N–H and O–H groups in total. The molecular weight excluding hydrogens is 316 g/mol. The third kappa shape index (κ3) is 2.63. The van der Waals surface area contributed by atoms with Gasteiger partial charge in [0.2, 0.25) is 0 Å². The number of nitrogens with zero attached hydrogens (tertiary/aromatic N) is 5. The van der Waals surface area contributed by atoms with Crippen molar-refractivity contribution in [3.8, 4) is 11.5 Å². The Kier molecular flexibility index (Phi) is 3.68. The normalized spacial score (nSPS) is 13.2. The first-order valence-corrected chi connectivity index (χ1v) is 8.17. The number of benzene rings is 1. The molecule has 126 valence electrons. The Balaban J connectivity index is 1.69. The summed E-state index contributed by atoms with van der Waals surface area (Å²) in [5.74, 6) is 1.42. The van der Waals surface area contributed by atoms with Crippen LogP contribution in [0, 0.1) is 0 Å². The SMILES string of the molecule is CCn1cnnc1-c1cccc(Nc2cccc3c2C(=O)N(C)C3)n1. The van der Waals surface area contributed by atoms with Gasteiger partial charge in [-0.2, -0.15) is 0 Å². The maximum atomic E-state index is 12.4. The largest absolute Gasteiger partial charge is 0.340 e. The second-order valence-electron chi connectivity index (χ2n) is 5.97. The van der Waals surface area contributed by atoms with E-state index in [1.807, 2.05) is 54.9 Å². The Hall–Kier alpha value is -3.22. The number of hydrogen-bond acceptors (Lipinski definition) is 5. The van der Waals surface area contributed by atoms with E-state index in [0.717, 1.165) is 29.3 Å². The Bertz CT molecular complexity index is 948. The van der Waals surface area contributed by atoms with Crippen molar-refractivity contribution in [1.82, 2.24) is 24.6 Å². The molecule has 0 spiro atoms. The van der Waals surface area contributed by atoms with Crippen LogP contribution in [-0.2, 0) is 13.1 Å². The van der Waals surface area contributed by atoms with Crippen molar-refractivity contribution in [2.75, 3.05) is 12.4 Å². The Morgan fingerprint density at radius 1 is 1.20 bits per heavy atom. The molecule has 0 bridgehead atoms. The summed E-state index contributed by atoms with van der Waals surface area (Å²) in [6.45, 7) is 3.44. The van der Waals surface area contributed by atoms with Crippen LogP contribution in [0.15, 0.2) is 42.7 Å². The van der Waals surface area contributed by atoms with Gasteiger partial charge in [-0.3, -0.25) is 4.79 Å². The zero-order valence-corrected chi connectivity index (χ0v) is 14.1. The first kappa shape index (κ1) is 15.3. The topological polar surface area (TPSA) is 75.9 Å². The molecule has 7 nitrogen and oxygen atoms in total. The number of rotatable bonds is 4. The van der Waals surface area contributed by atoms with Crippen LogP contribution in [0.4, 0.5) is 11.5 Å². The molecule has 0 saturated heterocycles. The molecule has 2 aromatic heterocycles.